The molecule has 1 aromatic rings. The molecule has 0 aliphatic carbocycles. The third kappa shape index (κ3) is 5.79. The summed E-state index contributed by atoms with van der Waals surface area (Å²) in [4.78, 5) is 11.9. The van der Waals surface area contributed by atoms with Gasteiger partial charge in [0.1, 0.15) is 0 Å². The van der Waals surface area contributed by atoms with Crippen molar-refractivity contribution in [3.8, 4) is 0 Å². The molecule has 1 N–H and O–H groups in total. The zero-order chi connectivity index (χ0) is 18.2. The topological polar surface area (TPSA) is 75.7 Å². The first-order valence-electron chi connectivity index (χ1n) is 8.19. The van der Waals surface area contributed by atoms with Crippen molar-refractivity contribution in [2.24, 2.45) is 0 Å². The summed E-state index contributed by atoms with van der Waals surface area (Å²) in [6, 6.07) is 5.82. The maximum Gasteiger partial charge on any atom is 0.232 e. The predicted molar refractivity (Wildman–Crippen MR) is 96.9 cm³/mol. The van der Waals surface area contributed by atoms with Gasteiger partial charge < -0.3 is 10.1 Å². The fourth-order valence-electron chi connectivity index (χ4n) is 2.56. The number of carbonyl (C=O) groups is 1. The van der Waals surface area contributed by atoms with Crippen molar-refractivity contribution in [3.63, 3.8) is 0 Å². The molecule has 0 spiro atoms. The predicted octanol–water partition coefficient (Wildman–Crippen LogP) is 1.73. The number of para-hydroxylation sites is 1. The molecule has 1 amide bonds. The second kappa shape index (κ2) is 9.64. The highest BCUT2D eigenvalue weighted by Crippen LogP contribution is 2.29. The summed E-state index contributed by atoms with van der Waals surface area (Å²) in [5, 5.41) is 2.71. The van der Waals surface area contributed by atoms with Crippen molar-refractivity contribution >= 4 is 21.6 Å². The van der Waals surface area contributed by atoms with Crippen LogP contribution in [0.5, 0.6) is 0 Å². The first kappa shape index (κ1) is 20.4. The summed E-state index contributed by atoms with van der Waals surface area (Å²) in [5.41, 5.74) is 2.66. The fourth-order valence-corrected chi connectivity index (χ4v) is 3.55. The molecule has 6 nitrogen and oxygen atoms in total. The zero-order valence-electron chi connectivity index (χ0n) is 15.0. The smallest absolute Gasteiger partial charge is 0.232 e. The average Bonchev–Trinajstić information content (AvgIpc) is 2.54. The maximum absolute atomic E-state index is 12.3. The van der Waals surface area contributed by atoms with Gasteiger partial charge in [-0.1, -0.05) is 32.0 Å². The molecule has 0 fully saturated rings. The minimum Gasteiger partial charge on any atom is -0.383 e. The van der Waals surface area contributed by atoms with Gasteiger partial charge in [0, 0.05) is 26.6 Å². The Hall–Kier alpha value is -1.60. The van der Waals surface area contributed by atoms with Gasteiger partial charge in [-0.05, 0) is 24.0 Å². The molecular weight excluding hydrogens is 328 g/mol. The van der Waals surface area contributed by atoms with Gasteiger partial charge >= 0.3 is 0 Å². The number of anilines is 1. The zero-order valence-corrected chi connectivity index (χ0v) is 15.8. The molecule has 0 aliphatic rings. The Morgan fingerprint density at radius 3 is 2.25 bits per heavy atom. The molecular formula is C17H28N2O4S. The van der Waals surface area contributed by atoms with Crippen LogP contribution in [0.4, 0.5) is 5.69 Å². The van der Waals surface area contributed by atoms with Crippen LogP contribution in [0.25, 0.3) is 0 Å². The third-order valence-electron chi connectivity index (χ3n) is 3.78. The third-order valence-corrected chi connectivity index (χ3v) is 4.95. The van der Waals surface area contributed by atoms with Crippen LogP contribution in [0.3, 0.4) is 0 Å². The SMILES string of the molecule is CCc1cccc(CC)c1N(CCC(=O)NCCOC)S(C)(=O)=O. The number of hydrogen-bond donors (Lipinski definition) is 1. The van der Waals surface area contributed by atoms with Gasteiger partial charge in [-0.3, -0.25) is 9.10 Å². The van der Waals surface area contributed by atoms with E-state index in [1.807, 2.05) is 32.0 Å². The second-order valence-corrected chi connectivity index (χ2v) is 7.47. The number of nitrogens with one attached hydrogen (secondary N) is 1. The lowest BCUT2D eigenvalue weighted by molar-refractivity contribution is -0.121. The summed E-state index contributed by atoms with van der Waals surface area (Å²) >= 11 is 0. The van der Waals surface area contributed by atoms with E-state index in [0.29, 0.717) is 13.2 Å². The van der Waals surface area contributed by atoms with Crippen LogP contribution in [0.15, 0.2) is 18.2 Å². The summed E-state index contributed by atoms with van der Waals surface area (Å²) in [6.45, 7) is 4.97. The molecule has 24 heavy (non-hydrogen) atoms. The quantitative estimate of drug-likeness (QED) is 0.648. The van der Waals surface area contributed by atoms with Gasteiger partial charge in [0.2, 0.25) is 15.9 Å². The number of aryl methyl sites for hydroxylation is 2. The largest absolute Gasteiger partial charge is 0.383 e. The van der Waals surface area contributed by atoms with Crippen LogP contribution in [-0.2, 0) is 32.4 Å². The Balaban J connectivity index is 3.02. The lowest BCUT2D eigenvalue weighted by Crippen LogP contribution is -2.36. The molecule has 1 aromatic carbocycles. The van der Waals surface area contributed by atoms with Gasteiger partial charge in [0.15, 0.2) is 0 Å². The number of hydrogen-bond acceptors (Lipinski definition) is 4. The molecule has 1 rings (SSSR count). The molecule has 0 aromatic heterocycles. The first-order chi connectivity index (χ1) is 11.3. The summed E-state index contributed by atoms with van der Waals surface area (Å²) in [5.74, 6) is -0.187. The summed E-state index contributed by atoms with van der Waals surface area (Å²) in [6.07, 6.45) is 2.75. The Kier molecular flexibility index (Phi) is 8.21. The molecule has 136 valence electrons. The van der Waals surface area contributed by atoms with Gasteiger partial charge in [0.05, 0.1) is 18.6 Å². The van der Waals surface area contributed by atoms with Crippen LogP contribution in [0.2, 0.25) is 0 Å². The lowest BCUT2D eigenvalue weighted by atomic mass is 10.0. The minimum atomic E-state index is -3.48. The number of nitrogens with zero attached hydrogens (tertiary/aromatic N) is 1. The standard InChI is InChI=1S/C17H28N2O4S/c1-5-14-8-7-9-15(6-2)17(14)19(24(4,21)22)12-10-16(20)18-11-13-23-3/h7-9H,5-6,10-13H2,1-4H3,(H,18,20). The second-order valence-electron chi connectivity index (χ2n) is 5.56. The summed E-state index contributed by atoms with van der Waals surface area (Å²) < 4.78 is 30.9. The van der Waals surface area contributed by atoms with Gasteiger partial charge in [-0.2, -0.15) is 0 Å². The number of ether oxygens (including phenoxy) is 1. The number of rotatable bonds is 10. The van der Waals surface area contributed by atoms with Crippen molar-refractivity contribution in [2.45, 2.75) is 33.1 Å². The lowest BCUT2D eigenvalue weighted by Gasteiger charge is -2.27. The number of benzene rings is 1. The normalized spacial score (nSPS) is 11.3. The number of amides is 1. The van der Waals surface area contributed by atoms with Gasteiger partial charge in [-0.15, -0.1) is 0 Å². The van der Waals surface area contributed by atoms with E-state index >= 15 is 0 Å². The van der Waals surface area contributed by atoms with Crippen LogP contribution in [0, 0.1) is 0 Å². The Morgan fingerprint density at radius 1 is 1.21 bits per heavy atom. The number of methoxy groups -OCH3 is 1. The Morgan fingerprint density at radius 2 is 1.79 bits per heavy atom. The van der Waals surface area contributed by atoms with Gasteiger partial charge in [-0.25, -0.2) is 8.42 Å². The average molecular weight is 356 g/mol. The number of sulfonamides is 1. The molecule has 0 saturated heterocycles. The van der Waals surface area contributed by atoms with E-state index in [1.165, 1.54) is 10.6 Å². The van der Waals surface area contributed by atoms with Crippen LogP contribution >= 0.6 is 0 Å². The molecule has 0 atom stereocenters. The van der Waals surface area contributed by atoms with Gasteiger partial charge in [0.25, 0.3) is 0 Å². The molecule has 0 heterocycles. The van der Waals surface area contributed by atoms with E-state index in [1.54, 1.807) is 7.11 Å². The molecule has 0 radical (unpaired) electrons. The Bertz CT molecular complexity index is 622. The van der Waals surface area contributed by atoms with E-state index < -0.39 is 10.0 Å². The maximum atomic E-state index is 12.3. The molecule has 7 heteroatoms. The van der Waals surface area contributed by atoms with Crippen molar-refractivity contribution in [1.29, 1.82) is 0 Å². The molecule has 0 bridgehead atoms. The van der Waals surface area contributed by atoms with Crippen molar-refractivity contribution in [3.05, 3.63) is 29.3 Å². The minimum absolute atomic E-state index is 0.109. The highest BCUT2D eigenvalue weighted by atomic mass is 32.2. The van der Waals surface area contributed by atoms with Crippen molar-refractivity contribution in [1.82, 2.24) is 5.32 Å². The van der Waals surface area contributed by atoms with E-state index in [2.05, 4.69) is 5.32 Å². The fraction of sp³-hybridized carbons (Fsp3) is 0.588. The van der Waals surface area contributed by atoms with Crippen molar-refractivity contribution in [2.75, 3.05) is 37.4 Å². The Labute approximate surface area is 145 Å². The molecule has 0 aliphatic heterocycles. The number of carbonyl (C=O) groups excluding carboxylic acids is 1. The van der Waals surface area contributed by atoms with E-state index in [4.69, 9.17) is 4.74 Å². The monoisotopic (exact) mass is 356 g/mol. The van der Waals surface area contributed by atoms with Crippen LogP contribution in [-0.4, -0.2) is 47.4 Å². The van der Waals surface area contributed by atoms with E-state index in [-0.39, 0.29) is 18.9 Å². The molecule has 0 unspecified atom stereocenters. The molecule has 0 saturated carbocycles. The van der Waals surface area contributed by atoms with E-state index in [0.717, 1.165) is 29.7 Å². The van der Waals surface area contributed by atoms with Crippen molar-refractivity contribution < 1.29 is 17.9 Å². The summed E-state index contributed by atoms with van der Waals surface area (Å²) in [7, 11) is -1.91. The van der Waals surface area contributed by atoms with Crippen LogP contribution < -0.4 is 9.62 Å². The highest BCUT2D eigenvalue weighted by molar-refractivity contribution is 7.92. The highest BCUT2D eigenvalue weighted by Gasteiger charge is 2.23. The first-order valence-corrected chi connectivity index (χ1v) is 10.0. The van der Waals surface area contributed by atoms with Crippen LogP contribution in [0.1, 0.15) is 31.4 Å². The van der Waals surface area contributed by atoms with E-state index in [9.17, 15) is 13.2 Å².